The largest absolute Gasteiger partial charge is 0.331 e. The lowest BCUT2D eigenvalue weighted by Gasteiger charge is -2.40. The van der Waals surface area contributed by atoms with Crippen LogP contribution in [0, 0.1) is 5.41 Å². The van der Waals surface area contributed by atoms with Crippen molar-refractivity contribution < 1.29 is 22.8 Å². The van der Waals surface area contributed by atoms with Crippen LogP contribution in [-0.4, -0.2) is 48.7 Å². The molecule has 0 saturated carbocycles. The van der Waals surface area contributed by atoms with Crippen molar-refractivity contribution >= 4 is 27.7 Å². The third-order valence-electron chi connectivity index (χ3n) is 3.56. The SMILES string of the molecule is CC1(C)C(=O)NC(=O)N(C2CCCS(=O)(=O)C2)C1=O. The topological polar surface area (TPSA) is 101 Å². The molecule has 0 spiro atoms. The average molecular weight is 288 g/mol. The van der Waals surface area contributed by atoms with Crippen molar-refractivity contribution in [1.29, 1.82) is 0 Å². The zero-order valence-electron chi connectivity index (χ0n) is 10.8. The minimum absolute atomic E-state index is 0.0788. The molecule has 2 heterocycles. The number of hydrogen-bond donors (Lipinski definition) is 1. The van der Waals surface area contributed by atoms with Crippen LogP contribution < -0.4 is 5.32 Å². The number of urea groups is 1. The number of rotatable bonds is 1. The summed E-state index contributed by atoms with van der Waals surface area (Å²) >= 11 is 0. The Hall–Kier alpha value is -1.44. The van der Waals surface area contributed by atoms with E-state index in [0.29, 0.717) is 12.8 Å². The average Bonchev–Trinajstić information content (AvgIpc) is 2.26. The van der Waals surface area contributed by atoms with Crippen LogP contribution in [0.4, 0.5) is 4.79 Å². The van der Waals surface area contributed by atoms with E-state index in [1.54, 1.807) is 0 Å². The van der Waals surface area contributed by atoms with Gasteiger partial charge in [0.2, 0.25) is 11.8 Å². The van der Waals surface area contributed by atoms with Gasteiger partial charge >= 0.3 is 6.03 Å². The summed E-state index contributed by atoms with van der Waals surface area (Å²) in [7, 11) is -3.24. The van der Waals surface area contributed by atoms with Crippen LogP contribution in [0.1, 0.15) is 26.7 Å². The number of nitrogens with one attached hydrogen (secondary N) is 1. The molecule has 0 aromatic heterocycles. The molecule has 2 rings (SSSR count). The van der Waals surface area contributed by atoms with Gasteiger partial charge in [0.25, 0.3) is 0 Å². The first-order chi connectivity index (χ1) is 8.65. The van der Waals surface area contributed by atoms with Crippen molar-refractivity contribution in [3.63, 3.8) is 0 Å². The molecule has 106 valence electrons. The number of imide groups is 2. The number of carbonyl (C=O) groups excluding carboxylic acids is 3. The molecule has 0 aromatic carbocycles. The van der Waals surface area contributed by atoms with E-state index in [-0.39, 0.29) is 11.5 Å². The van der Waals surface area contributed by atoms with Gasteiger partial charge in [0, 0.05) is 0 Å². The summed E-state index contributed by atoms with van der Waals surface area (Å²) < 4.78 is 23.2. The van der Waals surface area contributed by atoms with Crippen LogP contribution in [-0.2, 0) is 19.4 Å². The molecule has 19 heavy (non-hydrogen) atoms. The summed E-state index contributed by atoms with van der Waals surface area (Å²) in [5.74, 6) is -1.44. The van der Waals surface area contributed by atoms with Gasteiger partial charge in [-0.1, -0.05) is 0 Å². The predicted molar refractivity (Wildman–Crippen MR) is 65.8 cm³/mol. The lowest BCUT2D eigenvalue weighted by atomic mass is 9.88. The van der Waals surface area contributed by atoms with Gasteiger partial charge in [-0.3, -0.25) is 19.8 Å². The third kappa shape index (κ3) is 2.36. The zero-order valence-corrected chi connectivity index (χ0v) is 11.6. The third-order valence-corrected chi connectivity index (χ3v) is 5.37. The number of sulfone groups is 1. The van der Waals surface area contributed by atoms with Gasteiger partial charge in [0.15, 0.2) is 9.84 Å². The molecule has 0 bridgehead atoms. The fraction of sp³-hybridized carbons (Fsp3) is 0.727. The van der Waals surface area contributed by atoms with Crippen molar-refractivity contribution in [2.75, 3.05) is 11.5 Å². The van der Waals surface area contributed by atoms with E-state index >= 15 is 0 Å². The summed E-state index contributed by atoms with van der Waals surface area (Å²) in [6.45, 7) is 2.84. The molecule has 0 radical (unpaired) electrons. The fourth-order valence-corrected chi connectivity index (χ4v) is 4.01. The van der Waals surface area contributed by atoms with E-state index in [4.69, 9.17) is 0 Å². The Kier molecular flexibility index (Phi) is 3.16. The van der Waals surface area contributed by atoms with Gasteiger partial charge in [-0.15, -0.1) is 0 Å². The Labute approximate surface area is 111 Å². The summed E-state index contributed by atoms with van der Waals surface area (Å²) in [5.41, 5.74) is -1.35. The Morgan fingerprint density at radius 3 is 2.47 bits per heavy atom. The van der Waals surface area contributed by atoms with Crippen LogP contribution in [0.25, 0.3) is 0 Å². The van der Waals surface area contributed by atoms with Gasteiger partial charge in [-0.25, -0.2) is 13.2 Å². The van der Waals surface area contributed by atoms with Crippen LogP contribution in [0.2, 0.25) is 0 Å². The molecule has 2 aliphatic heterocycles. The molecule has 0 aromatic rings. The van der Waals surface area contributed by atoms with Gasteiger partial charge in [-0.2, -0.15) is 0 Å². The number of carbonyl (C=O) groups is 3. The molecule has 8 heteroatoms. The maximum atomic E-state index is 12.2. The summed E-state index contributed by atoms with van der Waals surface area (Å²) in [6.07, 6.45) is 0.862. The molecule has 2 fully saturated rings. The molecule has 4 amide bonds. The van der Waals surface area contributed by atoms with E-state index < -0.39 is 39.1 Å². The van der Waals surface area contributed by atoms with Crippen LogP contribution >= 0.6 is 0 Å². The van der Waals surface area contributed by atoms with Gasteiger partial charge in [0.1, 0.15) is 5.41 Å². The monoisotopic (exact) mass is 288 g/mol. The highest BCUT2D eigenvalue weighted by molar-refractivity contribution is 7.91. The second-order valence-electron chi connectivity index (χ2n) is 5.47. The van der Waals surface area contributed by atoms with Crippen LogP contribution in [0.15, 0.2) is 0 Å². The van der Waals surface area contributed by atoms with Gasteiger partial charge in [0.05, 0.1) is 17.5 Å². The van der Waals surface area contributed by atoms with Crippen molar-refractivity contribution in [3.8, 4) is 0 Å². The first-order valence-corrected chi connectivity index (χ1v) is 7.87. The molecule has 0 aliphatic carbocycles. The Bertz CT molecular complexity index is 551. The summed E-state index contributed by atoms with van der Waals surface area (Å²) in [6, 6.07) is -1.50. The fourth-order valence-electron chi connectivity index (χ4n) is 2.34. The molecular formula is C11H16N2O5S. The summed E-state index contributed by atoms with van der Waals surface area (Å²) in [4.78, 5) is 36.5. The van der Waals surface area contributed by atoms with Crippen molar-refractivity contribution in [3.05, 3.63) is 0 Å². The molecule has 1 N–H and O–H groups in total. The lowest BCUT2D eigenvalue weighted by Crippen LogP contribution is -2.65. The molecule has 7 nitrogen and oxygen atoms in total. The highest BCUT2D eigenvalue weighted by Gasteiger charge is 2.50. The van der Waals surface area contributed by atoms with E-state index in [0.717, 1.165) is 4.90 Å². The number of barbiturate groups is 1. The minimum Gasteiger partial charge on any atom is -0.277 e. The number of hydrogen-bond acceptors (Lipinski definition) is 5. The van der Waals surface area contributed by atoms with E-state index in [9.17, 15) is 22.8 Å². The summed E-state index contributed by atoms with van der Waals surface area (Å²) in [5, 5.41) is 2.11. The minimum atomic E-state index is -3.24. The van der Waals surface area contributed by atoms with E-state index in [1.807, 2.05) is 0 Å². The highest BCUT2D eigenvalue weighted by atomic mass is 32.2. The molecular weight excluding hydrogens is 272 g/mol. The Morgan fingerprint density at radius 1 is 1.26 bits per heavy atom. The van der Waals surface area contributed by atoms with Crippen molar-refractivity contribution in [2.45, 2.75) is 32.7 Å². The smallest absolute Gasteiger partial charge is 0.277 e. The first-order valence-electron chi connectivity index (χ1n) is 6.04. The zero-order chi connectivity index (χ0) is 14.4. The van der Waals surface area contributed by atoms with Crippen molar-refractivity contribution in [2.24, 2.45) is 5.41 Å². The standard InChI is InChI=1S/C11H16N2O5S/c1-11(2)8(14)12-10(16)13(9(11)15)7-4-3-5-19(17,18)6-7/h7H,3-6H2,1-2H3,(H,12,14,16). The highest BCUT2D eigenvalue weighted by Crippen LogP contribution is 2.28. The van der Waals surface area contributed by atoms with Crippen molar-refractivity contribution in [1.82, 2.24) is 10.2 Å². The lowest BCUT2D eigenvalue weighted by molar-refractivity contribution is -0.150. The molecule has 1 atom stereocenters. The number of amides is 4. The second-order valence-corrected chi connectivity index (χ2v) is 7.70. The Morgan fingerprint density at radius 2 is 1.89 bits per heavy atom. The molecule has 2 saturated heterocycles. The maximum absolute atomic E-state index is 12.2. The van der Waals surface area contributed by atoms with Crippen LogP contribution in [0.5, 0.6) is 0 Å². The van der Waals surface area contributed by atoms with E-state index in [2.05, 4.69) is 5.32 Å². The Balaban J connectivity index is 2.31. The normalized spacial score (nSPS) is 30.1. The second kappa shape index (κ2) is 4.29. The number of nitrogens with zero attached hydrogens (tertiary/aromatic N) is 1. The predicted octanol–water partition coefficient (Wildman–Crippen LogP) is -0.332. The maximum Gasteiger partial charge on any atom is 0.331 e. The van der Waals surface area contributed by atoms with Crippen LogP contribution in [0.3, 0.4) is 0 Å². The first kappa shape index (κ1) is 14.0. The van der Waals surface area contributed by atoms with Gasteiger partial charge in [-0.05, 0) is 26.7 Å². The molecule has 1 unspecified atom stereocenters. The van der Waals surface area contributed by atoms with E-state index in [1.165, 1.54) is 13.8 Å². The quantitative estimate of drug-likeness (QED) is 0.666. The van der Waals surface area contributed by atoms with Gasteiger partial charge < -0.3 is 0 Å². The molecule has 2 aliphatic rings.